The van der Waals surface area contributed by atoms with Crippen LogP contribution >= 0.6 is 22.6 Å². The molecule has 1 aromatic heterocycles. The van der Waals surface area contributed by atoms with Crippen LogP contribution in [0.3, 0.4) is 0 Å². The van der Waals surface area contributed by atoms with Gasteiger partial charge in [-0.2, -0.15) is 0 Å². The second-order valence-corrected chi connectivity index (χ2v) is 12.0. The number of rotatable bonds is 3. The Hall–Kier alpha value is -2.95. The zero-order valence-electron chi connectivity index (χ0n) is 21.2. The lowest BCUT2D eigenvalue weighted by atomic mass is 9.79. The Balaban J connectivity index is 1.91. The molecular formula is C28H26F4IN3O. The Labute approximate surface area is 226 Å². The van der Waals surface area contributed by atoms with Crippen molar-refractivity contribution in [1.29, 1.82) is 0 Å². The average Bonchev–Trinajstić information content (AvgIpc) is 3.19. The van der Waals surface area contributed by atoms with Gasteiger partial charge in [-0.15, -0.1) is 5.10 Å². The summed E-state index contributed by atoms with van der Waals surface area (Å²) >= 11 is 1.82. The lowest BCUT2D eigenvalue weighted by Crippen LogP contribution is -2.16. The zero-order valence-corrected chi connectivity index (χ0v) is 23.4. The number of aromatic hydroxyl groups is 1. The van der Waals surface area contributed by atoms with E-state index in [2.05, 4.69) is 57.9 Å². The first kappa shape index (κ1) is 27.1. The molecule has 4 aromatic rings. The van der Waals surface area contributed by atoms with Crippen molar-refractivity contribution in [3.63, 3.8) is 0 Å². The van der Waals surface area contributed by atoms with Crippen LogP contribution in [0, 0.1) is 27.0 Å². The fourth-order valence-electron chi connectivity index (χ4n) is 3.91. The molecule has 0 amide bonds. The maximum atomic E-state index is 15.3. The van der Waals surface area contributed by atoms with E-state index in [-0.39, 0.29) is 25.8 Å². The Bertz CT molecular complexity index is 1440. The molecule has 0 saturated heterocycles. The van der Waals surface area contributed by atoms with Crippen LogP contribution in [0.1, 0.15) is 52.7 Å². The van der Waals surface area contributed by atoms with Crippen LogP contribution in [0.2, 0.25) is 0 Å². The molecule has 0 spiro atoms. The first-order chi connectivity index (χ1) is 17.1. The molecule has 4 nitrogen and oxygen atoms in total. The van der Waals surface area contributed by atoms with E-state index in [1.807, 2.05) is 34.7 Å². The second kappa shape index (κ2) is 9.41. The summed E-state index contributed by atoms with van der Waals surface area (Å²) in [5.41, 5.74) is 0.707. The topological polar surface area (TPSA) is 50.9 Å². The minimum atomic E-state index is -1.60. The van der Waals surface area contributed by atoms with Crippen LogP contribution in [0.15, 0.2) is 42.5 Å². The van der Waals surface area contributed by atoms with Gasteiger partial charge in [-0.25, -0.2) is 22.2 Å². The Morgan fingerprint density at radius 3 is 1.68 bits per heavy atom. The summed E-state index contributed by atoms with van der Waals surface area (Å²) in [6.45, 7) is 12.5. The van der Waals surface area contributed by atoms with E-state index in [0.717, 1.165) is 15.8 Å². The molecule has 0 bridgehead atoms. The van der Waals surface area contributed by atoms with E-state index in [9.17, 15) is 5.11 Å². The van der Waals surface area contributed by atoms with Crippen LogP contribution in [-0.2, 0) is 10.8 Å². The standard InChI is InChI=1S/C28H26F4IN3O/c1-27(2,3)16-11-15(12-17(13-16)28(4,5)6)24-26(33)36(35-34-24)25-22(31)20(29)19(21(30)23(25)32)14-7-9-18(37)10-8-14/h7-13,37H,1-6H3. The smallest absolute Gasteiger partial charge is 0.188 e. The summed E-state index contributed by atoms with van der Waals surface area (Å²) in [5.74, 6) is -6.50. The van der Waals surface area contributed by atoms with Gasteiger partial charge in [0, 0.05) is 5.56 Å². The van der Waals surface area contributed by atoms with Gasteiger partial charge in [0.25, 0.3) is 0 Å². The SMILES string of the molecule is CC(C)(C)c1cc(-c2nnn(-c3c(F)c(F)c(-c4ccc(O)cc4)c(F)c3F)c2I)cc(C(C)(C)C)c1. The van der Waals surface area contributed by atoms with Gasteiger partial charge < -0.3 is 5.11 Å². The summed E-state index contributed by atoms with van der Waals surface area (Å²) in [6.07, 6.45) is 0. The van der Waals surface area contributed by atoms with Crippen LogP contribution in [-0.4, -0.2) is 20.1 Å². The van der Waals surface area contributed by atoms with Crippen LogP contribution < -0.4 is 0 Å². The van der Waals surface area contributed by atoms with E-state index in [4.69, 9.17) is 0 Å². The number of aromatic nitrogens is 3. The van der Waals surface area contributed by atoms with Gasteiger partial charge in [0.15, 0.2) is 23.3 Å². The minimum Gasteiger partial charge on any atom is -0.508 e. The zero-order chi connectivity index (χ0) is 27.4. The number of benzene rings is 3. The molecule has 0 saturated carbocycles. The predicted octanol–water partition coefficient (Wildman–Crippen LogP) is 8.06. The van der Waals surface area contributed by atoms with E-state index in [0.29, 0.717) is 11.3 Å². The summed E-state index contributed by atoms with van der Waals surface area (Å²) in [4.78, 5) is 0. The third-order valence-electron chi connectivity index (χ3n) is 6.16. The average molecular weight is 623 g/mol. The number of hydrogen-bond donors (Lipinski definition) is 1. The quantitative estimate of drug-likeness (QED) is 0.143. The second-order valence-electron chi connectivity index (χ2n) is 11.0. The first-order valence-corrected chi connectivity index (χ1v) is 12.6. The third kappa shape index (κ3) is 4.97. The van der Waals surface area contributed by atoms with Crippen molar-refractivity contribution in [3.05, 3.63) is 80.6 Å². The summed E-state index contributed by atoms with van der Waals surface area (Å²) in [6, 6.07) is 10.7. The molecule has 0 unspecified atom stereocenters. The molecule has 4 rings (SSSR count). The molecule has 0 aliphatic carbocycles. The first-order valence-electron chi connectivity index (χ1n) is 11.5. The van der Waals surface area contributed by atoms with Gasteiger partial charge in [-0.1, -0.05) is 65.0 Å². The fraction of sp³-hybridized carbons (Fsp3) is 0.286. The number of phenols is 1. The highest BCUT2D eigenvalue weighted by Crippen LogP contribution is 2.38. The molecule has 194 valence electrons. The monoisotopic (exact) mass is 623 g/mol. The van der Waals surface area contributed by atoms with Crippen LogP contribution in [0.5, 0.6) is 5.75 Å². The van der Waals surface area contributed by atoms with E-state index < -0.39 is 34.5 Å². The maximum Gasteiger partial charge on any atom is 0.188 e. The van der Waals surface area contributed by atoms with Gasteiger partial charge in [-0.05, 0) is 74.4 Å². The number of hydrogen-bond acceptors (Lipinski definition) is 3. The van der Waals surface area contributed by atoms with Crippen molar-refractivity contribution in [2.45, 2.75) is 52.4 Å². The van der Waals surface area contributed by atoms with Gasteiger partial charge in [0.05, 0.1) is 5.56 Å². The Morgan fingerprint density at radius 2 is 1.22 bits per heavy atom. The van der Waals surface area contributed by atoms with Gasteiger partial charge in [0.1, 0.15) is 20.8 Å². The van der Waals surface area contributed by atoms with Gasteiger partial charge in [-0.3, -0.25) is 0 Å². The van der Waals surface area contributed by atoms with Crippen LogP contribution in [0.4, 0.5) is 17.6 Å². The van der Waals surface area contributed by atoms with Crippen molar-refractivity contribution >= 4 is 22.6 Å². The normalized spacial score (nSPS) is 12.3. The Kier molecular flexibility index (Phi) is 6.89. The molecule has 3 aromatic carbocycles. The molecule has 0 atom stereocenters. The van der Waals surface area contributed by atoms with Crippen molar-refractivity contribution in [1.82, 2.24) is 15.0 Å². The molecule has 0 fully saturated rings. The van der Waals surface area contributed by atoms with Crippen molar-refractivity contribution in [2.24, 2.45) is 0 Å². The number of halogens is 5. The van der Waals surface area contributed by atoms with E-state index >= 15 is 17.6 Å². The van der Waals surface area contributed by atoms with Crippen LogP contribution in [0.25, 0.3) is 28.1 Å². The highest BCUT2D eigenvalue weighted by molar-refractivity contribution is 14.1. The maximum absolute atomic E-state index is 15.3. The van der Waals surface area contributed by atoms with E-state index in [1.165, 1.54) is 24.3 Å². The molecule has 9 heteroatoms. The molecule has 1 heterocycles. The highest BCUT2D eigenvalue weighted by Gasteiger charge is 2.30. The highest BCUT2D eigenvalue weighted by atomic mass is 127. The predicted molar refractivity (Wildman–Crippen MR) is 144 cm³/mol. The lowest BCUT2D eigenvalue weighted by molar-refractivity contribution is 0.446. The molecule has 0 aliphatic heterocycles. The summed E-state index contributed by atoms with van der Waals surface area (Å²) in [5, 5.41) is 17.5. The van der Waals surface area contributed by atoms with Gasteiger partial charge >= 0.3 is 0 Å². The van der Waals surface area contributed by atoms with Crippen molar-refractivity contribution < 1.29 is 22.7 Å². The van der Waals surface area contributed by atoms with E-state index in [1.54, 1.807) is 0 Å². The Morgan fingerprint density at radius 1 is 0.730 bits per heavy atom. The minimum absolute atomic E-state index is 0.125. The molecule has 1 N–H and O–H groups in total. The largest absolute Gasteiger partial charge is 0.508 e. The number of nitrogens with zero attached hydrogens (tertiary/aromatic N) is 3. The molecule has 37 heavy (non-hydrogen) atoms. The van der Waals surface area contributed by atoms with Crippen molar-refractivity contribution in [2.75, 3.05) is 0 Å². The van der Waals surface area contributed by atoms with Gasteiger partial charge in [0.2, 0.25) is 0 Å². The fourth-order valence-corrected chi connectivity index (χ4v) is 4.66. The lowest BCUT2D eigenvalue weighted by Gasteiger charge is -2.26. The third-order valence-corrected chi connectivity index (χ3v) is 7.13. The number of phenolic OH excluding ortho intramolecular Hbond substituents is 1. The molecule has 0 aliphatic rings. The summed E-state index contributed by atoms with van der Waals surface area (Å²) < 4.78 is 61.7. The molecule has 0 radical (unpaired) electrons. The molecular weight excluding hydrogens is 597 g/mol. The summed E-state index contributed by atoms with van der Waals surface area (Å²) in [7, 11) is 0. The van der Waals surface area contributed by atoms with Crippen molar-refractivity contribution in [3.8, 4) is 33.8 Å².